The van der Waals surface area contributed by atoms with E-state index in [0.717, 1.165) is 30.6 Å². The normalized spacial score (nSPS) is 17.2. The summed E-state index contributed by atoms with van der Waals surface area (Å²) in [6.45, 7) is 1.13. The third kappa shape index (κ3) is 4.81. The van der Waals surface area contributed by atoms with Gasteiger partial charge in [0.05, 0.1) is 0 Å². The van der Waals surface area contributed by atoms with E-state index in [1.54, 1.807) is 12.1 Å². The van der Waals surface area contributed by atoms with Gasteiger partial charge in [-0.25, -0.2) is 10.3 Å². The van der Waals surface area contributed by atoms with Crippen LogP contribution in [0.5, 0.6) is 5.75 Å². The summed E-state index contributed by atoms with van der Waals surface area (Å²) in [6, 6.07) is 16.9. The Labute approximate surface area is 141 Å². The molecule has 0 bridgehead atoms. The molecule has 1 N–H and O–H groups in total. The average Bonchev–Trinajstić information content (AvgIpc) is 2.66. The van der Waals surface area contributed by atoms with Crippen LogP contribution in [0.1, 0.15) is 35.2 Å². The maximum atomic E-state index is 12.1. The lowest BCUT2D eigenvalue weighted by Crippen LogP contribution is -2.33. The Morgan fingerprint density at radius 1 is 1.08 bits per heavy atom. The van der Waals surface area contributed by atoms with E-state index >= 15 is 0 Å². The molecule has 0 spiro atoms. The van der Waals surface area contributed by atoms with Gasteiger partial charge in [-0.3, -0.25) is 4.79 Å². The zero-order chi connectivity index (χ0) is 16.6. The Hall–Kier alpha value is -2.37. The molecule has 5 heteroatoms. The Balaban J connectivity index is 1.47. The molecule has 1 heterocycles. The van der Waals surface area contributed by atoms with Gasteiger partial charge in [-0.05, 0) is 42.7 Å². The van der Waals surface area contributed by atoms with Crippen molar-refractivity contribution < 1.29 is 19.1 Å². The van der Waals surface area contributed by atoms with Gasteiger partial charge in [0.25, 0.3) is 5.91 Å². The number of ether oxygens (including phenoxy) is 2. The maximum absolute atomic E-state index is 12.1. The fourth-order valence-corrected chi connectivity index (χ4v) is 2.42. The molecule has 1 unspecified atom stereocenters. The van der Waals surface area contributed by atoms with Crippen molar-refractivity contribution in [1.82, 2.24) is 5.48 Å². The third-order valence-electron chi connectivity index (χ3n) is 3.79. The molecule has 1 aliphatic rings. The standard InChI is InChI=1S/C19H21NO4/c21-19(20-24-18-8-4-5-13-22-18)16-11-9-15(10-12-16)14-23-17-6-2-1-3-7-17/h1-3,6-7,9-12,18H,4-5,8,13-14H2,(H,20,21). The third-order valence-corrected chi connectivity index (χ3v) is 3.79. The quantitative estimate of drug-likeness (QED) is 0.826. The van der Waals surface area contributed by atoms with Gasteiger partial charge < -0.3 is 9.47 Å². The van der Waals surface area contributed by atoms with Crippen LogP contribution < -0.4 is 10.2 Å². The molecule has 1 atom stereocenters. The Kier molecular flexibility index (Phi) is 5.82. The summed E-state index contributed by atoms with van der Waals surface area (Å²) in [5.74, 6) is 0.542. The maximum Gasteiger partial charge on any atom is 0.274 e. The molecule has 1 aliphatic heterocycles. The minimum Gasteiger partial charge on any atom is -0.489 e. The monoisotopic (exact) mass is 327 g/mol. The molecule has 1 saturated heterocycles. The van der Waals surface area contributed by atoms with Gasteiger partial charge in [-0.1, -0.05) is 30.3 Å². The van der Waals surface area contributed by atoms with Gasteiger partial charge in [-0.15, -0.1) is 0 Å². The van der Waals surface area contributed by atoms with Crippen LogP contribution in [-0.4, -0.2) is 18.8 Å². The predicted molar refractivity (Wildman–Crippen MR) is 89.4 cm³/mol. The summed E-state index contributed by atoms with van der Waals surface area (Å²) in [5.41, 5.74) is 3.98. The number of carbonyl (C=O) groups is 1. The summed E-state index contributed by atoms with van der Waals surface area (Å²) < 4.78 is 11.1. The number of hydroxylamine groups is 1. The van der Waals surface area contributed by atoms with Gasteiger partial charge >= 0.3 is 0 Å². The summed E-state index contributed by atoms with van der Waals surface area (Å²) >= 11 is 0. The molecule has 3 rings (SSSR count). The summed E-state index contributed by atoms with van der Waals surface area (Å²) in [4.78, 5) is 17.3. The van der Waals surface area contributed by atoms with Crippen molar-refractivity contribution in [3.63, 3.8) is 0 Å². The van der Waals surface area contributed by atoms with E-state index in [1.807, 2.05) is 42.5 Å². The lowest BCUT2D eigenvalue weighted by molar-refractivity contribution is -0.186. The van der Waals surface area contributed by atoms with Crippen LogP contribution in [0.25, 0.3) is 0 Å². The first-order chi connectivity index (χ1) is 11.8. The van der Waals surface area contributed by atoms with Gasteiger partial charge in [0.2, 0.25) is 0 Å². The van der Waals surface area contributed by atoms with Crippen molar-refractivity contribution in [2.75, 3.05) is 6.61 Å². The Morgan fingerprint density at radius 2 is 1.88 bits per heavy atom. The largest absolute Gasteiger partial charge is 0.489 e. The molecular weight excluding hydrogens is 306 g/mol. The lowest BCUT2D eigenvalue weighted by atomic mass is 10.1. The molecule has 2 aromatic carbocycles. The minimum absolute atomic E-state index is 0.278. The van der Waals surface area contributed by atoms with E-state index in [9.17, 15) is 4.79 Å². The van der Waals surface area contributed by atoms with E-state index in [0.29, 0.717) is 18.8 Å². The van der Waals surface area contributed by atoms with Gasteiger partial charge in [0, 0.05) is 18.6 Å². The number of carbonyl (C=O) groups excluding carboxylic acids is 1. The molecule has 0 radical (unpaired) electrons. The second kappa shape index (κ2) is 8.47. The van der Waals surface area contributed by atoms with Gasteiger partial charge in [-0.2, -0.15) is 0 Å². The minimum atomic E-state index is -0.346. The van der Waals surface area contributed by atoms with Crippen LogP contribution >= 0.6 is 0 Å². The van der Waals surface area contributed by atoms with Crippen LogP contribution in [0.2, 0.25) is 0 Å². The molecule has 5 nitrogen and oxygen atoms in total. The Morgan fingerprint density at radius 3 is 2.58 bits per heavy atom. The summed E-state index contributed by atoms with van der Waals surface area (Å²) in [7, 11) is 0. The average molecular weight is 327 g/mol. The number of benzene rings is 2. The SMILES string of the molecule is O=C(NOC1CCCCO1)c1ccc(COc2ccccc2)cc1. The first-order valence-corrected chi connectivity index (χ1v) is 8.15. The van der Waals surface area contributed by atoms with E-state index in [4.69, 9.17) is 14.3 Å². The van der Waals surface area contributed by atoms with Crippen LogP contribution in [-0.2, 0) is 16.2 Å². The molecule has 0 aromatic heterocycles. The number of amides is 1. The van der Waals surface area contributed by atoms with E-state index in [-0.39, 0.29) is 12.2 Å². The highest BCUT2D eigenvalue weighted by atomic mass is 16.8. The fraction of sp³-hybridized carbons (Fsp3) is 0.316. The van der Waals surface area contributed by atoms with Crippen LogP contribution in [0.15, 0.2) is 54.6 Å². The van der Waals surface area contributed by atoms with Crippen molar-refractivity contribution in [3.05, 3.63) is 65.7 Å². The molecular formula is C19H21NO4. The second-order valence-corrected chi connectivity index (χ2v) is 5.64. The van der Waals surface area contributed by atoms with Crippen molar-refractivity contribution in [2.45, 2.75) is 32.2 Å². The van der Waals surface area contributed by atoms with Crippen LogP contribution in [0, 0.1) is 0 Å². The van der Waals surface area contributed by atoms with Crippen molar-refractivity contribution in [3.8, 4) is 5.75 Å². The van der Waals surface area contributed by atoms with E-state index in [2.05, 4.69) is 5.48 Å². The highest BCUT2D eigenvalue weighted by Crippen LogP contribution is 2.14. The molecule has 1 fully saturated rings. The molecule has 126 valence electrons. The van der Waals surface area contributed by atoms with Crippen LogP contribution in [0.4, 0.5) is 0 Å². The second-order valence-electron chi connectivity index (χ2n) is 5.64. The van der Waals surface area contributed by atoms with Gasteiger partial charge in [0.15, 0.2) is 6.29 Å². The van der Waals surface area contributed by atoms with Gasteiger partial charge in [0.1, 0.15) is 12.4 Å². The smallest absolute Gasteiger partial charge is 0.274 e. The number of hydrogen-bond donors (Lipinski definition) is 1. The number of hydrogen-bond acceptors (Lipinski definition) is 4. The summed E-state index contributed by atoms with van der Waals surface area (Å²) in [5, 5.41) is 0. The van der Waals surface area contributed by atoms with Crippen LogP contribution in [0.3, 0.4) is 0 Å². The molecule has 1 amide bonds. The van der Waals surface area contributed by atoms with Crippen molar-refractivity contribution >= 4 is 5.91 Å². The fourth-order valence-electron chi connectivity index (χ4n) is 2.42. The van der Waals surface area contributed by atoms with Crippen molar-refractivity contribution in [1.29, 1.82) is 0 Å². The number of rotatable bonds is 6. The zero-order valence-electron chi connectivity index (χ0n) is 13.4. The van der Waals surface area contributed by atoms with E-state index in [1.165, 1.54) is 0 Å². The molecule has 0 saturated carbocycles. The number of nitrogens with one attached hydrogen (secondary N) is 1. The Bertz CT molecular complexity index is 636. The molecule has 0 aliphatic carbocycles. The number of para-hydroxylation sites is 1. The van der Waals surface area contributed by atoms with E-state index < -0.39 is 0 Å². The molecule has 24 heavy (non-hydrogen) atoms. The lowest BCUT2D eigenvalue weighted by Gasteiger charge is -2.22. The first kappa shape index (κ1) is 16.5. The summed E-state index contributed by atoms with van der Waals surface area (Å²) in [6.07, 6.45) is 2.55. The highest BCUT2D eigenvalue weighted by Gasteiger charge is 2.16. The highest BCUT2D eigenvalue weighted by molar-refractivity contribution is 5.93. The zero-order valence-corrected chi connectivity index (χ0v) is 13.4. The predicted octanol–water partition coefficient (Wildman–Crippen LogP) is 3.45. The first-order valence-electron chi connectivity index (χ1n) is 8.15. The molecule has 2 aromatic rings. The van der Waals surface area contributed by atoms with Crippen molar-refractivity contribution in [2.24, 2.45) is 0 Å². The topological polar surface area (TPSA) is 56.8 Å².